The minimum Gasteiger partial charge on any atom is -0.413 e. The molecule has 18 heteroatoms. The minimum absolute atomic E-state index is 0.000334. The van der Waals surface area contributed by atoms with E-state index in [9.17, 15) is 44.7 Å². The smallest absolute Gasteiger partial charge is 0.413 e. The molecule has 10 nitrogen and oxygen atoms in total. The minimum atomic E-state index is -5.05. The van der Waals surface area contributed by atoms with Crippen molar-refractivity contribution in [3.63, 3.8) is 0 Å². The lowest BCUT2D eigenvalue weighted by atomic mass is 9.62. The molecular formula is C37H31F8N7O3. The number of carbonyl (C=O) groups is 2. The Morgan fingerprint density at radius 3 is 1.60 bits per heavy atom. The molecular weight excluding hydrogens is 742 g/mol. The number of alkyl halides is 6. The van der Waals surface area contributed by atoms with E-state index in [-0.39, 0.29) is 39.5 Å². The topological polar surface area (TPSA) is 137 Å². The summed E-state index contributed by atoms with van der Waals surface area (Å²) in [6, 6.07) is 12.9. The lowest BCUT2D eigenvalue weighted by Crippen LogP contribution is -2.39. The van der Waals surface area contributed by atoms with Crippen LogP contribution in [0.5, 0.6) is 0 Å². The van der Waals surface area contributed by atoms with E-state index >= 15 is 0 Å². The molecule has 0 aliphatic heterocycles. The Morgan fingerprint density at radius 1 is 0.709 bits per heavy atom. The molecule has 288 valence electrons. The Morgan fingerprint density at radius 2 is 1.20 bits per heavy atom. The molecule has 0 saturated heterocycles. The Kier molecular flexibility index (Phi) is 11.1. The summed E-state index contributed by atoms with van der Waals surface area (Å²) < 4.78 is 106. The van der Waals surface area contributed by atoms with Gasteiger partial charge in [0.15, 0.2) is 5.78 Å². The molecule has 2 saturated carbocycles. The molecule has 5 aromatic rings. The van der Waals surface area contributed by atoms with Gasteiger partial charge in [0.1, 0.15) is 23.3 Å². The van der Waals surface area contributed by atoms with Gasteiger partial charge in [-0.15, -0.1) is 10.2 Å². The predicted octanol–water partition coefficient (Wildman–Crippen LogP) is 7.49. The van der Waals surface area contributed by atoms with E-state index in [4.69, 9.17) is 0 Å². The number of Topliss-reactive ketones (excluding diaryl/α,β-unsaturated/α-hetero) is 1. The van der Waals surface area contributed by atoms with Crippen LogP contribution in [0.15, 0.2) is 77.7 Å². The average molecular weight is 774 g/mol. The summed E-state index contributed by atoms with van der Waals surface area (Å²) in [5, 5.41) is 7.88. The van der Waals surface area contributed by atoms with Crippen molar-refractivity contribution in [2.45, 2.75) is 74.5 Å². The standard InChI is InChI=1S/C19H17F4N3O2.C18H14F4N4O/c20-14-4-1-3-13(7-14)18(5-2-6-18)8-16-24-9-12(10-25-16)15(27)11-26-17(28)19(21,22)23;19-13-4-1-3-12(7-13)17(5-2-6-17)8-14-23-9-11(10-24-14)15-25-26-16(27-15)18(20,21)22/h1,3-4,7,9-10H,2,5-6,8,11H2,(H,26,28);1,3-4,7,9-10H,2,5-6,8H2. The fourth-order valence-corrected chi connectivity index (χ4v) is 6.55. The highest BCUT2D eigenvalue weighted by atomic mass is 19.4. The van der Waals surface area contributed by atoms with Gasteiger partial charge >= 0.3 is 24.2 Å². The molecule has 0 bridgehead atoms. The van der Waals surface area contributed by atoms with Crippen LogP contribution < -0.4 is 5.32 Å². The summed E-state index contributed by atoms with van der Waals surface area (Å²) in [5.41, 5.74) is 1.52. The highest BCUT2D eigenvalue weighted by Gasteiger charge is 2.42. The summed E-state index contributed by atoms with van der Waals surface area (Å²) >= 11 is 0. The Labute approximate surface area is 307 Å². The lowest BCUT2D eigenvalue weighted by molar-refractivity contribution is -0.173. The summed E-state index contributed by atoms with van der Waals surface area (Å²) in [4.78, 5) is 39.4. The fraction of sp³-hybridized carbons (Fsp3) is 0.351. The molecule has 3 aromatic heterocycles. The van der Waals surface area contributed by atoms with Crippen LogP contribution in [0.2, 0.25) is 0 Å². The second-order valence-corrected chi connectivity index (χ2v) is 13.4. The van der Waals surface area contributed by atoms with Gasteiger partial charge in [0.05, 0.1) is 17.7 Å². The van der Waals surface area contributed by atoms with Crippen LogP contribution in [-0.4, -0.2) is 54.5 Å². The van der Waals surface area contributed by atoms with Crippen molar-refractivity contribution in [2.24, 2.45) is 0 Å². The molecule has 0 radical (unpaired) electrons. The number of hydrogen-bond donors (Lipinski definition) is 1. The fourth-order valence-electron chi connectivity index (χ4n) is 6.55. The van der Waals surface area contributed by atoms with Gasteiger partial charge in [-0.2, -0.15) is 26.3 Å². The Hall–Kier alpha value is -5.68. The van der Waals surface area contributed by atoms with Gasteiger partial charge < -0.3 is 9.73 Å². The zero-order valence-corrected chi connectivity index (χ0v) is 28.7. The van der Waals surface area contributed by atoms with Crippen LogP contribution in [0, 0.1) is 11.6 Å². The van der Waals surface area contributed by atoms with Crippen molar-refractivity contribution in [3.05, 3.63) is 119 Å². The van der Waals surface area contributed by atoms with E-state index in [2.05, 4.69) is 34.6 Å². The van der Waals surface area contributed by atoms with Crippen LogP contribution in [0.3, 0.4) is 0 Å². The normalized spacial score (nSPS) is 15.9. The van der Waals surface area contributed by atoms with E-state index in [0.29, 0.717) is 24.5 Å². The Bertz CT molecular complexity index is 2130. The maximum atomic E-state index is 13.6. The summed E-state index contributed by atoms with van der Waals surface area (Å²) in [5.74, 6) is -4.23. The number of carbonyl (C=O) groups excluding carboxylic acids is 2. The van der Waals surface area contributed by atoms with Crippen molar-refractivity contribution in [3.8, 4) is 11.5 Å². The number of nitrogens with zero attached hydrogens (tertiary/aromatic N) is 6. The largest absolute Gasteiger partial charge is 0.471 e. The number of benzene rings is 2. The molecule has 1 amide bonds. The maximum absolute atomic E-state index is 13.6. The van der Waals surface area contributed by atoms with Crippen molar-refractivity contribution in [2.75, 3.05) is 6.54 Å². The zero-order valence-electron chi connectivity index (χ0n) is 28.7. The molecule has 0 atom stereocenters. The van der Waals surface area contributed by atoms with Gasteiger partial charge in [-0.05, 0) is 61.1 Å². The first-order valence-electron chi connectivity index (χ1n) is 17.0. The molecule has 2 aliphatic carbocycles. The Balaban J connectivity index is 0.000000187. The van der Waals surface area contributed by atoms with Crippen LogP contribution in [0.25, 0.3) is 11.5 Å². The predicted molar refractivity (Wildman–Crippen MR) is 177 cm³/mol. The van der Waals surface area contributed by atoms with Crippen molar-refractivity contribution < 1.29 is 49.1 Å². The van der Waals surface area contributed by atoms with E-state index in [1.54, 1.807) is 12.1 Å². The van der Waals surface area contributed by atoms with Crippen LogP contribution in [0.4, 0.5) is 35.1 Å². The van der Waals surface area contributed by atoms with Crippen molar-refractivity contribution >= 4 is 11.7 Å². The molecule has 55 heavy (non-hydrogen) atoms. The highest BCUT2D eigenvalue weighted by Crippen LogP contribution is 2.47. The lowest BCUT2D eigenvalue weighted by Gasteiger charge is -2.42. The second kappa shape index (κ2) is 15.6. The number of hydrogen-bond acceptors (Lipinski definition) is 9. The van der Waals surface area contributed by atoms with Gasteiger partial charge in [-0.1, -0.05) is 37.1 Å². The molecule has 7 rings (SSSR count). The molecule has 2 aliphatic rings. The number of amides is 1. The molecule has 2 fully saturated rings. The summed E-state index contributed by atoms with van der Waals surface area (Å²) in [7, 11) is 0. The molecule has 2 aromatic carbocycles. The average Bonchev–Trinajstić information content (AvgIpc) is 3.62. The van der Waals surface area contributed by atoms with E-state index in [0.717, 1.165) is 49.7 Å². The van der Waals surface area contributed by atoms with E-state index in [1.165, 1.54) is 54.4 Å². The van der Waals surface area contributed by atoms with Crippen LogP contribution in [-0.2, 0) is 34.6 Å². The summed E-state index contributed by atoms with van der Waals surface area (Å²) in [6.45, 7) is -0.797. The number of halogens is 8. The molecule has 1 N–H and O–H groups in total. The van der Waals surface area contributed by atoms with Gasteiger partial charge in [0.2, 0.25) is 0 Å². The third-order valence-electron chi connectivity index (χ3n) is 9.80. The van der Waals surface area contributed by atoms with Crippen LogP contribution in [0.1, 0.15) is 77.5 Å². The monoisotopic (exact) mass is 773 g/mol. The molecule has 0 spiro atoms. The SMILES string of the molecule is Fc1cccc(C2(Cc3ncc(-c4nnc(C(F)(F)F)o4)cn3)CCC2)c1.O=C(CNC(=O)C(F)(F)F)c1cnc(CC2(c3cccc(F)c3)CCC2)nc1. The number of ketones is 1. The molecule has 3 heterocycles. The summed E-state index contributed by atoms with van der Waals surface area (Å²) in [6.07, 6.45) is 1.98. The van der Waals surface area contributed by atoms with Gasteiger partial charge in [-0.3, -0.25) is 9.59 Å². The number of rotatable bonds is 10. The second-order valence-electron chi connectivity index (χ2n) is 13.4. The van der Waals surface area contributed by atoms with Crippen molar-refractivity contribution in [1.82, 2.24) is 35.5 Å². The molecule has 0 unspecified atom stereocenters. The van der Waals surface area contributed by atoms with E-state index in [1.807, 2.05) is 12.1 Å². The number of aromatic nitrogens is 6. The third-order valence-corrected chi connectivity index (χ3v) is 9.80. The van der Waals surface area contributed by atoms with Gasteiger partial charge in [-0.25, -0.2) is 28.7 Å². The highest BCUT2D eigenvalue weighted by molar-refractivity contribution is 5.99. The van der Waals surface area contributed by atoms with E-state index < -0.39 is 36.5 Å². The zero-order chi connectivity index (χ0) is 39.4. The first kappa shape index (κ1) is 39.0. The van der Waals surface area contributed by atoms with Gasteiger partial charge in [0, 0.05) is 48.5 Å². The van der Waals surface area contributed by atoms with Gasteiger partial charge in [0.25, 0.3) is 5.89 Å². The number of nitrogens with one attached hydrogen (secondary N) is 1. The first-order valence-corrected chi connectivity index (χ1v) is 17.0. The maximum Gasteiger partial charge on any atom is 0.471 e. The third kappa shape index (κ3) is 9.17. The quantitative estimate of drug-likeness (QED) is 0.113. The van der Waals surface area contributed by atoms with Crippen LogP contribution >= 0.6 is 0 Å². The van der Waals surface area contributed by atoms with Crippen molar-refractivity contribution in [1.29, 1.82) is 0 Å². The first-order chi connectivity index (χ1) is 26.1.